The minimum atomic E-state index is -0.491. The summed E-state index contributed by atoms with van der Waals surface area (Å²) in [6.45, 7) is 0. The summed E-state index contributed by atoms with van der Waals surface area (Å²) in [7, 11) is 1.65. The van der Waals surface area contributed by atoms with E-state index in [4.69, 9.17) is 10.5 Å². The molecule has 5 rings (SSSR count). The van der Waals surface area contributed by atoms with Gasteiger partial charge >= 0.3 is 0 Å². The fourth-order valence-corrected chi connectivity index (χ4v) is 3.92. The van der Waals surface area contributed by atoms with E-state index >= 15 is 0 Å². The van der Waals surface area contributed by atoms with Crippen molar-refractivity contribution >= 4 is 17.1 Å². The van der Waals surface area contributed by atoms with Gasteiger partial charge in [-0.1, -0.05) is 30.3 Å². The van der Waals surface area contributed by atoms with Crippen molar-refractivity contribution in [2.24, 2.45) is 5.73 Å². The first kappa shape index (κ1) is 16.4. The van der Waals surface area contributed by atoms with E-state index in [1.807, 2.05) is 60.8 Å². The monoisotopic (exact) mass is 370 g/mol. The maximum absolute atomic E-state index is 12.2. The lowest BCUT2D eigenvalue weighted by atomic mass is 9.96. The molecule has 0 saturated carbocycles. The van der Waals surface area contributed by atoms with Crippen LogP contribution in [0.15, 0.2) is 67.0 Å². The lowest BCUT2D eigenvalue weighted by Crippen LogP contribution is -2.14. The number of rotatable bonds is 3. The van der Waals surface area contributed by atoms with Gasteiger partial charge in [0, 0.05) is 28.6 Å². The van der Waals surface area contributed by atoms with Gasteiger partial charge in [-0.25, -0.2) is 4.52 Å². The molecule has 2 aromatic heterocycles. The first-order valence-electron chi connectivity index (χ1n) is 8.97. The number of primary amides is 1. The molecule has 1 aliphatic heterocycles. The Hall–Kier alpha value is -3.80. The number of nitrogens with two attached hydrogens (primary N) is 1. The molecule has 0 saturated heterocycles. The summed E-state index contributed by atoms with van der Waals surface area (Å²) < 4.78 is 7.10. The molecule has 1 atom stereocenters. The number of anilines is 1. The molecule has 4 aromatic rings. The van der Waals surface area contributed by atoms with E-state index in [-0.39, 0.29) is 6.04 Å². The van der Waals surface area contributed by atoms with Crippen LogP contribution in [0.3, 0.4) is 0 Å². The highest BCUT2D eigenvalue weighted by Crippen LogP contribution is 2.43. The third kappa shape index (κ3) is 2.35. The van der Waals surface area contributed by atoms with Crippen LogP contribution in [0.5, 0.6) is 5.75 Å². The maximum atomic E-state index is 12.2. The van der Waals surface area contributed by atoms with E-state index in [2.05, 4.69) is 10.4 Å². The average Bonchev–Trinajstić information content (AvgIpc) is 3.09. The van der Waals surface area contributed by atoms with Crippen LogP contribution >= 0.6 is 0 Å². The number of hydrogen-bond acceptors (Lipinski definition) is 4. The Morgan fingerprint density at radius 1 is 1.14 bits per heavy atom. The molecule has 2 aromatic carbocycles. The van der Waals surface area contributed by atoms with E-state index in [9.17, 15) is 4.79 Å². The fourth-order valence-electron chi connectivity index (χ4n) is 3.92. The molecule has 3 heterocycles. The smallest absolute Gasteiger partial charge is 0.251 e. The molecule has 6 heteroatoms. The number of carbonyl (C=O) groups is 1. The van der Waals surface area contributed by atoms with Crippen molar-refractivity contribution in [3.63, 3.8) is 0 Å². The second kappa shape index (κ2) is 6.13. The van der Waals surface area contributed by atoms with Gasteiger partial charge in [-0.2, -0.15) is 5.10 Å². The Labute approximate surface area is 161 Å². The van der Waals surface area contributed by atoms with Crippen molar-refractivity contribution in [2.45, 2.75) is 6.04 Å². The summed E-state index contributed by atoms with van der Waals surface area (Å²) in [6, 6.07) is 17.8. The summed E-state index contributed by atoms with van der Waals surface area (Å²) in [4.78, 5) is 12.2. The number of hydrogen-bond donors (Lipinski definition) is 2. The Morgan fingerprint density at radius 2 is 1.93 bits per heavy atom. The molecule has 0 fully saturated rings. The largest absolute Gasteiger partial charge is 0.497 e. The lowest BCUT2D eigenvalue weighted by molar-refractivity contribution is 0.100. The van der Waals surface area contributed by atoms with Gasteiger partial charge in [0.05, 0.1) is 30.4 Å². The molecule has 0 spiro atoms. The van der Waals surface area contributed by atoms with Crippen LogP contribution in [-0.2, 0) is 0 Å². The summed E-state index contributed by atoms with van der Waals surface area (Å²) in [5.41, 5.74) is 11.8. The first-order chi connectivity index (χ1) is 13.7. The highest BCUT2D eigenvalue weighted by atomic mass is 16.5. The number of fused-ring (bicyclic) bond motifs is 2. The molecule has 1 unspecified atom stereocenters. The first-order valence-corrected chi connectivity index (χ1v) is 8.97. The van der Waals surface area contributed by atoms with Crippen molar-refractivity contribution in [3.05, 3.63) is 83.7 Å². The summed E-state index contributed by atoms with van der Waals surface area (Å²) in [6.07, 6.45) is 3.45. The topological polar surface area (TPSA) is 81.6 Å². The van der Waals surface area contributed by atoms with Crippen LogP contribution in [0.25, 0.3) is 16.6 Å². The third-order valence-electron chi connectivity index (χ3n) is 5.24. The van der Waals surface area contributed by atoms with Crippen LogP contribution in [0.2, 0.25) is 0 Å². The van der Waals surface area contributed by atoms with Crippen molar-refractivity contribution in [1.82, 2.24) is 9.61 Å². The molecule has 3 N–H and O–H groups in total. The quantitative estimate of drug-likeness (QED) is 0.577. The Balaban J connectivity index is 1.83. The number of carbonyl (C=O) groups excluding carboxylic acids is 1. The number of amides is 1. The lowest BCUT2D eigenvalue weighted by Gasteiger charge is -2.19. The van der Waals surface area contributed by atoms with Crippen molar-refractivity contribution in [2.75, 3.05) is 12.4 Å². The summed E-state index contributed by atoms with van der Waals surface area (Å²) in [5.74, 6) is 0.313. The van der Waals surface area contributed by atoms with Gasteiger partial charge in [0.2, 0.25) is 0 Å². The molecular weight excluding hydrogens is 352 g/mol. The Morgan fingerprint density at radius 3 is 2.68 bits per heavy atom. The van der Waals surface area contributed by atoms with Gasteiger partial charge in [-0.05, 0) is 29.8 Å². The van der Waals surface area contributed by atoms with Crippen LogP contribution in [-0.4, -0.2) is 22.6 Å². The number of nitrogens with one attached hydrogen (secondary N) is 1. The zero-order valence-corrected chi connectivity index (χ0v) is 15.2. The van der Waals surface area contributed by atoms with Crippen LogP contribution in [0, 0.1) is 0 Å². The fraction of sp³-hybridized carbons (Fsp3) is 0.0909. The number of aromatic nitrogens is 2. The summed E-state index contributed by atoms with van der Waals surface area (Å²) in [5, 5.41) is 8.04. The predicted molar refractivity (Wildman–Crippen MR) is 108 cm³/mol. The molecule has 6 nitrogen and oxygen atoms in total. The number of methoxy groups -OCH3 is 1. The minimum absolute atomic E-state index is 0.108. The SMILES string of the molecule is COc1ccc(C2Nc3ccccc3-c3c(C(N)=O)cnn4ccc2c34)cc1. The van der Waals surface area contributed by atoms with Crippen molar-refractivity contribution in [3.8, 4) is 16.9 Å². The maximum Gasteiger partial charge on any atom is 0.251 e. The van der Waals surface area contributed by atoms with E-state index in [0.29, 0.717) is 5.56 Å². The van der Waals surface area contributed by atoms with Crippen LogP contribution in [0.4, 0.5) is 5.69 Å². The number of ether oxygens (including phenoxy) is 1. The molecule has 0 radical (unpaired) electrons. The van der Waals surface area contributed by atoms with Gasteiger partial charge in [-0.15, -0.1) is 0 Å². The number of benzene rings is 2. The van der Waals surface area contributed by atoms with Gasteiger partial charge in [-0.3, -0.25) is 4.79 Å². The van der Waals surface area contributed by atoms with E-state index in [1.54, 1.807) is 17.8 Å². The van der Waals surface area contributed by atoms with Gasteiger partial charge in [0.15, 0.2) is 0 Å². The Bertz CT molecular complexity index is 1210. The molecule has 1 aliphatic rings. The van der Waals surface area contributed by atoms with Crippen LogP contribution < -0.4 is 15.8 Å². The molecule has 0 aliphatic carbocycles. The predicted octanol–water partition coefficient (Wildman–Crippen LogP) is 3.62. The standard InChI is InChI=1S/C22H18N4O2/c1-28-14-8-6-13(7-9-14)20-16-10-11-26-21(16)19(17(12-24-26)22(23)27)15-4-2-3-5-18(15)25-20/h2-12,20,25H,1H3,(H2,23,27). The van der Waals surface area contributed by atoms with Crippen molar-refractivity contribution in [1.29, 1.82) is 0 Å². The summed E-state index contributed by atoms with van der Waals surface area (Å²) >= 11 is 0. The van der Waals surface area contributed by atoms with Crippen molar-refractivity contribution < 1.29 is 9.53 Å². The van der Waals surface area contributed by atoms with Gasteiger partial charge in [0.25, 0.3) is 5.91 Å². The Kier molecular flexibility index (Phi) is 3.58. The highest BCUT2D eigenvalue weighted by Gasteiger charge is 2.28. The normalized spacial score (nSPS) is 14.8. The zero-order chi connectivity index (χ0) is 19.3. The highest BCUT2D eigenvalue weighted by molar-refractivity contribution is 6.06. The van der Waals surface area contributed by atoms with Crippen LogP contribution in [0.1, 0.15) is 27.5 Å². The van der Waals surface area contributed by atoms with Gasteiger partial charge in [0.1, 0.15) is 5.75 Å². The third-order valence-corrected chi connectivity index (χ3v) is 5.24. The van der Waals surface area contributed by atoms with Gasteiger partial charge < -0.3 is 15.8 Å². The second-order valence-electron chi connectivity index (χ2n) is 6.76. The molecule has 138 valence electrons. The van der Waals surface area contributed by atoms with E-state index in [0.717, 1.165) is 39.2 Å². The second-order valence-corrected chi connectivity index (χ2v) is 6.76. The number of nitrogens with zero attached hydrogens (tertiary/aromatic N) is 2. The van der Waals surface area contributed by atoms with E-state index < -0.39 is 5.91 Å². The minimum Gasteiger partial charge on any atom is -0.497 e. The molecule has 28 heavy (non-hydrogen) atoms. The van der Waals surface area contributed by atoms with E-state index in [1.165, 1.54) is 0 Å². The molecule has 1 amide bonds. The number of para-hydroxylation sites is 1. The molecular formula is C22H18N4O2. The molecule has 0 bridgehead atoms. The average molecular weight is 370 g/mol. The zero-order valence-electron chi connectivity index (χ0n) is 15.2.